The standard InChI is InChI=1S/C16H10ClPS2/c17-18(13-9-19-15-7-3-1-5-11(13)15)14-10-20-16-8-4-2-6-12(14)16/h1-10H. The third kappa shape index (κ3) is 1.99. The Morgan fingerprint density at radius 1 is 0.700 bits per heavy atom. The molecule has 0 saturated heterocycles. The lowest BCUT2D eigenvalue weighted by Gasteiger charge is -2.08. The number of rotatable bonds is 2. The molecule has 0 aliphatic rings. The largest absolute Gasteiger partial charge is 0.143 e. The van der Waals surface area contributed by atoms with E-state index in [1.165, 1.54) is 30.8 Å². The Bertz CT molecular complexity index is 819. The predicted octanol–water partition coefficient (Wildman–Crippen LogP) is 5.70. The van der Waals surface area contributed by atoms with Gasteiger partial charge < -0.3 is 0 Å². The lowest BCUT2D eigenvalue weighted by atomic mass is 10.3. The minimum Gasteiger partial charge on any atom is -0.143 e. The van der Waals surface area contributed by atoms with Crippen LogP contribution in [0.15, 0.2) is 59.3 Å². The average Bonchev–Trinajstić information content (AvgIpc) is 3.11. The summed E-state index contributed by atoms with van der Waals surface area (Å²) in [7, 11) is -0.803. The van der Waals surface area contributed by atoms with E-state index in [0.29, 0.717) is 0 Å². The molecule has 2 heterocycles. The molecule has 98 valence electrons. The summed E-state index contributed by atoms with van der Waals surface area (Å²) < 4.78 is 2.63. The zero-order valence-electron chi connectivity index (χ0n) is 10.4. The summed E-state index contributed by atoms with van der Waals surface area (Å²) in [6.45, 7) is 0. The number of benzene rings is 2. The van der Waals surface area contributed by atoms with Gasteiger partial charge in [-0.3, -0.25) is 0 Å². The number of hydrogen-bond acceptors (Lipinski definition) is 2. The SMILES string of the molecule is ClP(c1csc2ccccc12)c1csc2ccccc12. The third-order valence-electron chi connectivity index (χ3n) is 3.34. The average molecular weight is 333 g/mol. The van der Waals surface area contributed by atoms with Crippen LogP contribution in [0.5, 0.6) is 0 Å². The van der Waals surface area contributed by atoms with E-state index in [2.05, 4.69) is 59.3 Å². The van der Waals surface area contributed by atoms with E-state index in [0.717, 1.165) is 0 Å². The molecule has 0 aliphatic carbocycles. The molecule has 0 fully saturated rings. The quantitative estimate of drug-likeness (QED) is 0.413. The minimum absolute atomic E-state index is 0.803. The molecule has 0 spiro atoms. The maximum absolute atomic E-state index is 6.85. The van der Waals surface area contributed by atoms with Crippen molar-refractivity contribution in [2.45, 2.75) is 0 Å². The molecule has 4 heteroatoms. The van der Waals surface area contributed by atoms with Crippen molar-refractivity contribution < 1.29 is 0 Å². The van der Waals surface area contributed by atoms with Crippen molar-refractivity contribution >= 4 is 72.0 Å². The van der Waals surface area contributed by atoms with Crippen molar-refractivity contribution in [2.75, 3.05) is 0 Å². The number of hydrogen-bond donors (Lipinski definition) is 0. The summed E-state index contributed by atoms with van der Waals surface area (Å²) in [6, 6.07) is 17.0. The van der Waals surface area contributed by atoms with Gasteiger partial charge in [0.1, 0.15) is 0 Å². The molecule has 4 aromatic rings. The topological polar surface area (TPSA) is 0 Å². The van der Waals surface area contributed by atoms with Crippen LogP contribution in [0.25, 0.3) is 20.2 Å². The number of fused-ring (bicyclic) bond motifs is 2. The molecule has 4 rings (SSSR count). The zero-order valence-corrected chi connectivity index (χ0v) is 13.7. The lowest BCUT2D eigenvalue weighted by Crippen LogP contribution is -2.05. The Morgan fingerprint density at radius 2 is 1.15 bits per heavy atom. The highest BCUT2D eigenvalue weighted by molar-refractivity contribution is 7.96. The molecule has 0 radical (unpaired) electrons. The molecule has 0 amide bonds. The van der Waals surface area contributed by atoms with Gasteiger partial charge in [0.15, 0.2) is 0 Å². The van der Waals surface area contributed by atoms with E-state index in [1.807, 2.05) is 0 Å². The van der Waals surface area contributed by atoms with E-state index >= 15 is 0 Å². The maximum atomic E-state index is 6.85. The van der Waals surface area contributed by atoms with Gasteiger partial charge in [-0.1, -0.05) is 47.6 Å². The molecule has 0 N–H and O–H groups in total. The first-order chi connectivity index (χ1) is 9.84. The van der Waals surface area contributed by atoms with Gasteiger partial charge in [0.25, 0.3) is 0 Å². The fourth-order valence-corrected chi connectivity index (χ4v) is 7.56. The van der Waals surface area contributed by atoms with Crippen LogP contribution in [0.2, 0.25) is 0 Å². The number of halogens is 1. The fourth-order valence-electron chi connectivity index (χ4n) is 2.36. The Kier molecular flexibility index (Phi) is 3.28. The Hall–Kier alpha value is -0.920. The summed E-state index contributed by atoms with van der Waals surface area (Å²) in [5.41, 5.74) is 0. The highest BCUT2D eigenvalue weighted by atomic mass is 35.7. The second-order valence-electron chi connectivity index (χ2n) is 4.52. The Labute approximate surface area is 131 Å². The summed E-state index contributed by atoms with van der Waals surface area (Å²) in [5.74, 6) is 0. The molecule has 0 saturated carbocycles. The second-order valence-corrected chi connectivity index (χ2v) is 8.88. The molecule has 0 bridgehead atoms. The molecule has 0 unspecified atom stereocenters. The van der Waals surface area contributed by atoms with Crippen molar-refractivity contribution in [3.05, 3.63) is 59.3 Å². The Balaban J connectivity index is 1.90. The van der Waals surface area contributed by atoms with Crippen molar-refractivity contribution in [2.24, 2.45) is 0 Å². The van der Waals surface area contributed by atoms with Crippen molar-refractivity contribution in [3.63, 3.8) is 0 Å². The van der Waals surface area contributed by atoms with Gasteiger partial charge >= 0.3 is 0 Å². The first-order valence-electron chi connectivity index (χ1n) is 6.23. The van der Waals surface area contributed by atoms with Gasteiger partial charge in [0.2, 0.25) is 0 Å². The monoisotopic (exact) mass is 332 g/mol. The first-order valence-corrected chi connectivity index (χ1v) is 10.2. The van der Waals surface area contributed by atoms with Crippen LogP contribution in [0, 0.1) is 0 Å². The van der Waals surface area contributed by atoms with Crippen LogP contribution >= 0.6 is 41.2 Å². The van der Waals surface area contributed by atoms with Crippen LogP contribution in [0.1, 0.15) is 0 Å². The van der Waals surface area contributed by atoms with Crippen molar-refractivity contribution in [3.8, 4) is 0 Å². The molecule has 0 atom stereocenters. The van der Waals surface area contributed by atoms with Gasteiger partial charge in [-0.15, -0.1) is 22.7 Å². The van der Waals surface area contributed by atoms with E-state index < -0.39 is 7.27 Å². The first kappa shape index (κ1) is 12.8. The van der Waals surface area contributed by atoms with E-state index in [4.69, 9.17) is 11.2 Å². The van der Waals surface area contributed by atoms with Gasteiger partial charge in [-0.25, -0.2) is 0 Å². The minimum atomic E-state index is -0.803. The highest BCUT2D eigenvalue weighted by Crippen LogP contribution is 2.45. The molecule has 2 aromatic heterocycles. The van der Waals surface area contributed by atoms with Crippen LogP contribution in [-0.4, -0.2) is 0 Å². The van der Waals surface area contributed by atoms with E-state index in [-0.39, 0.29) is 0 Å². The molecule has 0 nitrogen and oxygen atoms in total. The summed E-state index contributed by atoms with van der Waals surface area (Å²) >= 11 is 10.4. The fraction of sp³-hybridized carbons (Fsp3) is 0. The Morgan fingerprint density at radius 3 is 1.65 bits per heavy atom. The normalized spacial score (nSPS) is 11.7. The zero-order chi connectivity index (χ0) is 13.5. The smallest absolute Gasteiger partial charge is 0.0553 e. The van der Waals surface area contributed by atoms with Crippen LogP contribution < -0.4 is 10.6 Å². The summed E-state index contributed by atoms with van der Waals surface area (Å²) in [6.07, 6.45) is 0. The van der Waals surface area contributed by atoms with Gasteiger partial charge in [0.05, 0.1) is 7.27 Å². The van der Waals surface area contributed by atoms with E-state index in [1.54, 1.807) is 22.7 Å². The predicted molar refractivity (Wildman–Crippen MR) is 95.7 cm³/mol. The van der Waals surface area contributed by atoms with Gasteiger partial charge in [-0.2, -0.15) is 0 Å². The molecular weight excluding hydrogens is 323 g/mol. The lowest BCUT2D eigenvalue weighted by molar-refractivity contribution is 1.87. The summed E-state index contributed by atoms with van der Waals surface area (Å²) in [4.78, 5) is 0. The summed E-state index contributed by atoms with van der Waals surface area (Å²) in [5, 5.41) is 9.60. The van der Waals surface area contributed by atoms with Crippen molar-refractivity contribution in [1.29, 1.82) is 0 Å². The number of thiophene rings is 2. The van der Waals surface area contributed by atoms with Crippen LogP contribution in [0.4, 0.5) is 0 Å². The van der Waals surface area contributed by atoms with Gasteiger partial charge in [-0.05, 0) is 12.1 Å². The van der Waals surface area contributed by atoms with Gasteiger partial charge in [0, 0.05) is 41.5 Å². The van der Waals surface area contributed by atoms with Crippen molar-refractivity contribution in [1.82, 2.24) is 0 Å². The maximum Gasteiger partial charge on any atom is 0.0553 e. The highest BCUT2D eigenvalue weighted by Gasteiger charge is 2.18. The molecule has 2 aromatic carbocycles. The van der Waals surface area contributed by atoms with Crippen LogP contribution in [0.3, 0.4) is 0 Å². The second kappa shape index (κ2) is 5.13. The van der Waals surface area contributed by atoms with Crippen LogP contribution in [-0.2, 0) is 0 Å². The third-order valence-corrected chi connectivity index (χ3v) is 8.30. The molecular formula is C16H10ClPS2. The molecule has 20 heavy (non-hydrogen) atoms. The molecule has 0 aliphatic heterocycles. The van der Waals surface area contributed by atoms with E-state index in [9.17, 15) is 0 Å².